The Morgan fingerprint density at radius 2 is 1.82 bits per heavy atom. The van der Waals surface area contributed by atoms with Gasteiger partial charge in [0.05, 0.1) is 0 Å². The van der Waals surface area contributed by atoms with Crippen LogP contribution >= 0.6 is 0 Å². The Morgan fingerprint density at radius 1 is 1.14 bits per heavy atom. The molecule has 1 aromatic carbocycles. The molecule has 1 aliphatic rings. The predicted octanol–water partition coefficient (Wildman–Crippen LogP) is 3.06. The number of likely N-dealkylation sites (tertiary alicyclic amines) is 1. The second-order valence-electron chi connectivity index (χ2n) is 6.15. The lowest BCUT2D eigenvalue weighted by atomic mass is 10.1. The lowest BCUT2D eigenvalue weighted by Crippen LogP contribution is -2.39. The average Bonchev–Trinajstić information content (AvgIpc) is 2.51. The van der Waals surface area contributed by atoms with Crippen LogP contribution in [0, 0.1) is 13.8 Å². The monoisotopic (exact) mass is 302 g/mol. The van der Waals surface area contributed by atoms with Gasteiger partial charge in [0, 0.05) is 38.7 Å². The number of hydrogen-bond donors (Lipinski definition) is 0. The number of piperidine rings is 1. The first kappa shape index (κ1) is 16.5. The van der Waals surface area contributed by atoms with Crippen LogP contribution in [-0.2, 0) is 9.59 Å². The molecule has 0 N–H and O–H groups in total. The molecule has 0 atom stereocenters. The number of aryl methyl sites for hydroxylation is 2. The van der Waals surface area contributed by atoms with Crippen LogP contribution in [0.15, 0.2) is 18.2 Å². The molecule has 0 unspecified atom stereocenters. The minimum absolute atomic E-state index is 0.0138. The summed E-state index contributed by atoms with van der Waals surface area (Å²) in [5, 5.41) is 0. The second kappa shape index (κ2) is 7.43. The van der Waals surface area contributed by atoms with Gasteiger partial charge >= 0.3 is 0 Å². The van der Waals surface area contributed by atoms with Crippen molar-refractivity contribution < 1.29 is 9.59 Å². The van der Waals surface area contributed by atoms with E-state index in [0.717, 1.165) is 42.7 Å². The van der Waals surface area contributed by atoms with E-state index in [1.54, 1.807) is 11.8 Å². The number of hydrogen-bond acceptors (Lipinski definition) is 2. The van der Waals surface area contributed by atoms with Crippen LogP contribution in [0.5, 0.6) is 0 Å². The van der Waals surface area contributed by atoms with E-state index in [4.69, 9.17) is 0 Å². The number of anilines is 1. The highest BCUT2D eigenvalue weighted by molar-refractivity contribution is 5.93. The van der Waals surface area contributed by atoms with Gasteiger partial charge in [-0.1, -0.05) is 12.1 Å². The van der Waals surface area contributed by atoms with Gasteiger partial charge in [-0.05, 0) is 50.3 Å². The molecule has 0 radical (unpaired) electrons. The van der Waals surface area contributed by atoms with E-state index in [2.05, 4.69) is 0 Å². The van der Waals surface area contributed by atoms with E-state index in [1.807, 2.05) is 36.9 Å². The van der Waals surface area contributed by atoms with E-state index >= 15 is 0 Å². The van der Waals surface area contributed by atoms with Crippen molar-refractivity contribution in [1.29, 1.82) is 0 Å². The summed E-state index contributed by atoms with van der Waals surface area (Å²) in [6.07, 6.45) is 3.80. The van der Waals surface area contributed by atoms with Crippen molar-refractivity contribution in [2.45, 2.75) is 46.5 Å². The van der Waals surface area contributed by atoms with Gasteiger partial charge in [-0.15, -0.1) is 0 Å². The van der Waals surface area contributed by atoms with Crippen LogP contribution in [0.25, 0.3) is 0 Å². The summed E-state index contributed by atoms with van der Waals surface area (Å²) < 4.78 is 0. The lowest BCUT2D eigenvalue weighted by Gasteiger charge is -2.28. The quantitative estimate of drug-likeness (QED) is 0.857. The van der Waals surface area contributed by atoms with Crippen LogP contribution in [-0.4, -0.2) is 36.3 Å². The van der Waals surface area contributed by atoms with Crippen LogP contribution in [0.3, 0.4) is 0 Å². The third-order valence-corrected chi connectivity index (χ3v) is 4.29. The van der Waals surface area contributed by atoms with E-state index in [0.29, 0.717) is 13.0 Å². The zero-order chi connectivity index (χ0) is 16.1. The molecule has 2 amide bonds. The Balaban J connectivity index is 2.04. The fourth-order valence-corrected chi connectivity index (χ4v) is 2.97. The van der Waals surface area contributed by atoms with Crippen molar-refractivity contribution in [2.24, 2.45) is 0 Å². The Morgan fingerprint density at radius 3 is 2.45 bits per heavy atom. The van der Waals surface area contributed by atoms with Gasteiger partial charge in [0.15, 0.2) is 0 Å². The third kappa shape index (κ3) is 4.09. The second-order valence-corrected chi connectivity index (χ2v) is 6.15. The number of benzene rings is 1. The molecule has 0 aromatic heterocycles. The SMILES string of the molecule is CC(=O)N(CCC(=O)N1CCCCC1)c1cc(C)ccc1C. The van der Waals surface area contributed by atoms with Gasteiger partial charge in [-0.25, -0.2) is 0 Å². The summed E-state index contributed by atoms with van der Waals surface area (Å²) in [5.74, 6) is 0.149. The van der Waals surface area contributed by atoms with Gasteiger partial charge in [0.25, 0.3) is 0 Å². The first-order valence-electron chi connectivity index (χ1n) is 8.12. The molecule has 0 aliphatic carbocycles. The summed E-state index contributed by atoms with van der Waals surface area (Å²) in [4.78, 5) is 28.0. The number of nitrogens with zero attached hydrogens (tertiary/aromatic N) is 2. The number of rotatable bonds is 4. The molecular weight excluding hydrogens is 276 g/mol. The number of carbonyl (C=O) groups excluding carboxylic acids is 2. The van der Waals surface area contributed by atoms with Gasteiger partial charge in [-0.2, -0.15) is 0 Å². The third-order valence-electron chi connectivity index (χ3n) is 4.29. The fraction of sp³-hybridized carbons (Fsp3) is 0.556. The van der Waals surface area contributed by atoms with E-state index in [-0.39, 0.29) is 11.8 Å². The van der Waals surface area contributed by atoms with E-state index in [1.165, 1.54) is 6.42 Å². The molecule has 4 nitrogen and oxygen atoms in total. The van der Waals surface area contributed by atoms with Gasteiger partial charge in [0.1, 0.15) is 0 Å². The molecule has 2 rings (SSSR count). The van der Waals surface area contributed by atoms with Crippen molar-refractivity contribution in [3.63, 3.8) is 0 Å². The Bertz CT molecular complexity index is 548. The number of amides is 2. The van der Waals surface area contributed by atoms with Gasteiger partial charge < -0.3 is 9.80 Å². The maximum absolute atomic E-state index is 12.3. The molecule has 1 aromatic rings. The summed E-state index contributed by atoms with van der Waals surface area (Å²) in [6, 6.07) is 6.07. The Kier molecular flexibility index (Phi) is 5.58. The van der Waals surface area contributed by atoms with Crippen LogP contribution in [0.4, 0.5) is 5.69 Å². The molecule has 4 heteroatoms. The van der Waals surface area contributed by atoms with Crippen LogP contribution in [0.1, 0.15) is 43.7 Å². The summed E-state index contributed by atoms with van der Waals surface area (Å²) in [7, 11) is 0. The van der Waals surface area contributed by atoms with E-state index < -0.39 is 0 Å². The molecule has 1 fully saturated rings. The zero-order valence-corrected chi connectivity index (χ0v) is 13.9. The Hall–Kier alpha value is -1.84. The highest BCUT2D eigenvalue weighted by atomic mass is 16.2. The Labute approximate surface area is 133 Å². The molecule has 0 saturated carbocycles. The molecule has 1 saturated heterocycles. The topological polar surface area (TPSA) is 40.6 Å². The molecule has 22 heavy (non-hydrogen) atoms. The molecule has 120 valence electrons. The van der Waals surface area contributed by atoms with Gasteiger partial charge in [0.2, 0.25) is 11.8 Å². The highest BCUT2D eigenvalue weighted by Crippen LogP contribution is 2.22. The molecule has 1 heterocycles. The standard InChI is InChI=1S/C18H26N2O2/c1-14-7-8-15(2)17(13-14)20(16(3)21)12-9-18(22)19-10-5-4-6-11-19/h7-8,13H,4-6,9-12H2,1-3H3. The van der Waals surface area contributed by atoms with Crippen molar-refractivity contribution in [3.05, 3.63) is 29.3 Å². The highest BCUT2D eigenvalue weighted by Gasteiger charge is 2.20. The lowest BCUT2D eigenvalue weighted by molar-refractivity contribution is -0.131. The van der Waals surface area contributed by atoms with E-state index in [9.17, 15) is 9.59 Å². The van der Waals surface area contributed by atoms with Crippen LogP contribution in [0.2, 0.25) is 0 Å². The van der Waals surface area contributed by atoms with Crippen molar-refractivity contribution in [3.8, 4) is 0 Å². The largest absolute Gasteiger partial charge is 0.343 e. The maximum atomic E-state index is 12.3. The molecular formula is C18H26N2O2. The number of carbonyl (C=O) groups is 2. The van der Waals surface area contributed by atoms with Crippen molar-refractivity contribution in [2.75, 3.05) is 24.5 Å². The first-order chi connectivity index (χ1) is 10.5. The molecule has 0 spiro atoms. The zero-order valence-electron chi connectivity index (χ0n) is 13.9. The molecule has 1 aliphatic heterocycles. The normalized spacial score (nSPS) is 14.8. The molecule has 0 bridgehead atoms. The summed E-state index contributed by atoms with van der Waals surface area (Å²) in [6.45, 7) is 7.75. The minimum Gasteiger partial charge on any atom is -0.343 e. The summed E-state index contributed by atoms with van der Waals surface area (Å²) >= 11 is 0. The van der Waals surface area contributed by atoms with Crippen molar-refractivity contribution in [1.82, 2.24) is 4.90 Å². The van der Waals surface area contributed by atoms with Gasteiger partial charge in [-0.3, -0.25) is 9.59 Å². The van der Waals surface area contributed by atoms with Crippen LogP contribution < -0.4 is 4.90 Å². The first-order valence-corrected chi connectivity index (χ1v) is 8.12. The maximum Gasteiger partial charge on any atom is 0.224 e. The fourth-order valence-electron chi connectivity index (χ4n) is 2.97. The predicted molar refractivity (Wildman–Crippen MR) is 89.0 cm³/mol. The minimum atomic E-state index is -0.0138. The average molecular weight is 302 g/mol. The summed E-state index contributed by atoms with van der Waals surface area (Å²) in [5.41, 5.74) is 3.10. The smallest absolute Gasteiger partial charge is 0.224 e. The van der Waals surface area contributed by atoms with Crippen molar-refractivity contribution >= 4 is 17.5 Å².